The van der Waals surface area contributed by atoms with E-state index in [1.165, 1.54) is 7.11 Å². The molecule has 0 amide bonds. The highest BCUT2D eigenvalue weighted by Crippen LogP contribution is 2.40. The van der Waals surface area contributed by atoms with Gasteiger partial charge in [-0.05, 0) is 6.08 Å². The monoisotopic (exact) mass is 234 g/mol. The van der Waals surface area contributed by atoms with Crippen LogP contribution in [0.5, 0.6) is 0 Å². The summed E-state index contributed by atoms with van der Waals surface area (Å²) in [5.74, 6) is -0.298. The quantitative estimate of drug-likeness (QED) is 0.869. The average Bonchev–Trinajstić information content (AvgIpc) is 2.37. The topological polar surface area (TPSA) is 55.8 Å². The molecule has 1 aromatic carbocycles. The molecule has 1 N–H and O–H groups in total. The summed E-state index contributed by atoms with van der Waals surface area (Å²) in [6.07, 6.45) is 2.01. The number of aliphatic carboxylic acids is 1. The third-order valence-electron chi connectivity index (χ3n) is 3.12. The molecule has 90 valence electrons. The number of hydrogen-bond donors (Lipinski definition) is 1. The molecule has 1 aliphatic carbocycles. The van der Waals surface area contributed by atoms with E-state index in [0.717, 1.165) is 5.56 Å². The van der Waals surface area contributed by atoms with Gasteiger partial charge in [0.2, 0.25) is 0 Å². The van der Waals surface area contributed by atoms with Gasteiger partial charge in [0.05, 0.1) is 7.11 Å². The van der Waals surface area contributed by atoms with Crippen molar-refractivity contribution in [3.8, 4) is 0 Å². The van der Waals surface area contributed by atoms with Crippen molar-refractivity contribution in [2.45, 2.75) is 12.0 Å². The van der Waals surface area contributed by atoms with Crippen LogP contribution < -0.4 is 0 Å². The minimum absolute atomic E-state index is 0.263. The fourth-order valence-corrected chi connectivity index (χ4v) is 2.18. The molecule has 0 radical (unpaired) electrons. The van der Waals surface area contributed by atoms with Gasteiger partial charge in [0.15, 0.2) is 5.60 Å². The molecule has 0 heterocycles. The zero-order valence-electron chi connectivity index (χ0n) is 9.77. The van der Waals surface area contributed by atoms with Crippen molar-refractivity contribution in [2.24, 2.45) is 0 Å². The Hall–Kier alpha value is -1.81. The third kappa shape index (κ3) is 1.61. The van der Waals surface area contributed by atoms with Gasteiger partial charge in [-0.15, -0.1) is 0 Å². The number of carboxylic acids is 1. The first kappa shape index (κ1) is 11.7. The lowest BCUT2D eigenvalue weighted by atomic mass is 9.82. The highest BCUT2D eigenvalue weighted by molar-refractivity contribution is 5.84. The molecule has 0 aliphatic heterocycles. The Morgan fingerprint density at radius 2 is 2.06 bits per heavy atom. The Labute approximate surface area is 99.5 Å². The third-order valence-corrected chi connectivity index (χ3v) is 3.12. The Morgan fingerprint density at radius 3 is 2.65 bits per heavy atom. The molecule has 0 aromatic heterocycles. The smallest absolute Gasteiger partial charge is 0.341 e. The largest absolute Gasteiger partial charge is 0.496 e. The molecule has 4 nitrogen and oxygen atoms in total. The summed E-state index contributed by atoms with van der Waals surface area (Å²) in [6, 6.07) is 7.24. The van der Waals surface area contributed by atoms with Gasteiger partial charge in [0.25, 0.3) is 0 Å². The number of ether oxygens (including phenoxy) is 2. The Balaban J connectivity index is 2.64. The van der Waals surface area contributed by atoms with E-state index in [0.29, 0.717) is 11.3 Å². The van der Waals surface area contributed by atoms with Gasteiger partial charge in [-0.2, -0.15) is 0 Å². The minimum atomic E-state index is -1.31. The predicted molar refractivity (Wildman–Crippen MR) is 62.4 cm³/mol. The van der Waals surface area contributed by atoms with Crippen LogP contribution in [0.15, 0.2) is 30.3 Å². The Bertz CT molecular complexity index is 478. The van der Waals surface area contributed by atoms with E-state index >= 15 is 0 Å². The molecule has 17 heavy (non-hydrogen) atoms. The van der Waals surface area contributed by atoms with E-state index in [4.69, 9.17) is 9.47 Å². The number of carboxylic acid groups (broad SMARTS) is 1. The lowest BCUT2D eigenvalue weighted by Gasteiger charge is -2.32. The van der Waals surface area contributed by atoms with E-state index in [1.54, 1.807) is 25.3 Å². The molecular formula is C13H14O4. The number of rotatable bonds is 3. The molecule has 0 spiro atoms. The zero-order valence-corrected chi connectivity index (χ0v) is 9.77. The second-order valence-corrected chi connectivity index (χ2v) is 3.86. The van der Waals surface area contributed by atoms with E-state index < -0.39 is 11.6 Å². The molecule has 0 saturated carbocycles. The van der Waals surface area contributed by atoms with Gasteiger partial charge in [-0.1, -0.05) is 24.3 Å². The van der Waals surface area contributed by atoms with E-state index in [9.17, 15) is 9.90 Å². The molecule has 0 saturated heterocycles. The number of carbonyl (C=O) groups is 1. The Kier molecular flexibility index (Phi) is 2.90. The summed E-state index contributed by atoms with van der Waals surface area (Å²) >= 11 is 0. The second-order valence-electron chi connectivity index (χ2n) is 3.86. The van der Waals surface area contributed by atoms with Crippen LogP contribution in [-0.4, -0.2) is 25.3 Å². The van der Waals surface area contributed by atoms with Crippen molar-refractivity contribution >= 4 is 11.7 Å². The summed E-state index contributed by atoms with van der Waals surface area (Å²) in [6.45, 7) is 0. The lowest BCUT2D eigenvalue weighted by Crippen LogP contribution is -2.39. The minimum Gasteiger partial charge on any atom is -0.496 e. The summed E-state index contributed by atoms with van der Waals surface area (Å²) in [4.78, 5) is 11.5. The molecule has 2 rings (SSSR count). The van der Waals surface area contributed by atoms with Gasteiger partial charge in [0.1, 0.15) is 5.76 Å². The molecular weight excluding hydrogens is 220 g/mol. The van der Waals surface area contributed by atoms with Crippen molar-refractivity contribution in [1.29, 1.82) is 0 Å². The van der Waals surface area contributed by atoms with Gasteiger partial charge in [-0.25, -0.2) is 4.79 Å². The second kappa shape index (κ2) is 4.22. The van der Waals surface area contributed by atoms with E-state index in [-0.39, 0.29) is 6.42 Å². The van der Waals surface area contributed by atoms with E-state index in [1.807, 2.05) is 12.1 Å². The SMILES string of the molecule is COC1=CCC(OC)(C(=O)O)c2ccccc21. The molecule has 1 unspecified atom stereocenters. The predicted octanol–water partition coefficient (Wildman–Crippen LogP) is 2.00. The van der Waals surface area contributed by atoms with Crippen molar-refractivity contribution in [3.05, 3.63) is 41.5 Å². The van der Waals surface area contributed by atoms with Crippen LogP contribution >= 0.6 is 0 Å². The van der Waals surface area contributed by atoms with Crippen molar-refractivity contribution in [1.82, 2.24) is 0 Å². The van der Waals surface area contributed by atoms with Crippen LogP contribution in [0, 0.1) is 0 Å². The van der Waals surface area contributed by atoms with Crippen molar-refractivity contribution < 1.29 is 19.4 Å². The number of benzene rings is 1. The summed E-state index contributed by atoms with van der Waals surface area (Å²) in [5, 5.41) is 9.40. The molecule has 1 aromatic rings. The lowest BCUT2D eigenvalue weighted by molar-refractivity contribution is -0.163. The average molecular weight is 234 g/mol. The summed E-state index contributed by atoms with van der Waals surface area (Å²) in [5.41, 5.74) is 0.0957. The first-order valence-corrected chi connectivity index (χ1v) is 5.28. The number of hydrogen-bond acceptors (Lipinski definition) is 3. The Morgan fingerprint density at radius 1 is 1.35 bits per heavy atom. The highest BCUT2D eigenvalue weighted by Gasteiger charge is 2.44. The standard InChI is InChI=1S/C13H14O4/c1-16-11-7-8-13(17-2,12(14)15)10-6-4-3-5-9(10)11/h3-7H,8H2,1-2H3,(H,14,15). The summed E-state index contributed by atoms with van der Waals surface area (Å²) < 4.78 is 10.5. The molecule has 4 heteroatoms. The van der Waals surface area contributed by atoms with Crippen molar-refractivity contribution in [2.75, 3.05) is 14.2 Å². The van der Waals surface area contributed by atoms with Crippen LogP contribution in [0.1, 0.15) is 17.5 Å². The summed E-state index contributed by atoms with van der Waals surface area (Å²) in [7, 11) is 2.99. The van der Waals surface area contributed by atoms with Crippen LogP contribution in [0.4, 0.5) is 0 Å². The molecule has 0 fully saturated rings. The normalized spacial score (nSPS) is 22.6. The highest BCUT2D eigenvalue weighted by atomic mass is 16.5. The number of methoxy groups -OCH3 is 2. The van der Waals surface area contributed by atoms with Crippen LogP contribution in [0.25, 0.3) is 5.76 Å². The number of fused-ring (bicyclic) bond motifs is 1. The first-order valence-electron chi connectivity index (χ1n) is 5.28. The zero-order chi connectivity index (χ0) is 12.5. The van der Waals surface area contributed by atoms with Gasteiger partial charge >= 0.3 is 5.97 Å². The van der Waals surface area contributed by atoms with Gasteiger partial charge in [0, 0.05) is 24.7 Å². The first-order chi connectivity index (χ1) is 8.15. The van der Waals surface area contributed by atoms with Crippen molar-refractivity contribution in [3.63, 3.8) is 0 Å². The fourth-order valence-electron chi connectivity index (χ4n) is 2.18. The van der Waals surface area contributed by atoms with Gasteiger partial charge < -0.3 is 14.6 Å². The molecule has 0 bridgehead atoms. The fraction of sp³-hybridized carbons (Fsp3) is 0.308. The van der Waals surface area contributed by atoms with Crippen LogP contribution in [0.3, 0.4) is 0 Å². The van der Waals surface area contributed by atoms with Gasteiger partial charge in [-0.3, -0.25) is 0 Å². The maximum absolute atomic E-state index is 11.5. The maximum atomic E-state index is 11.5. The molecule has 1 aliphatic rings. The molecule has 1 atom stereocenters. The van der Waals surface area contributed by atoms with E-state index in [2.05, 4.69) is 0 Å². The maximum Gasteiger partial charge on any atom is 0.341 e. The van der Waals surface area contributed by atoms with Crippen LogP contribution in [-0.2, 0) is 19.9 Å². The van der Waals surface area contributed by atoms with Crippen LogP contribution in [0.2, 0.25) is 0 Å².